The van der Waals surface area contributed by atoms with Crippen molar-refractivity contribution in [1.82, 2.24) is 0 Å². The first-order valence-corrected chi connectivity index (χ1v) is 10.8. The van der Waals surface area contributed by atoms with Crippen LogP contribution in [0.4, 0.5) is 0 Å². The third-order valence-electron chi connectivity index (χ3n) is 6.23. The summed E-state index contributed by atoms with van der Waals surface area (Å²) in [6.45, 7) is 19.4. The summed E-state index contributed by atoms with van der Waals surface area (Å²) < 4.78 is 11.4. The number of ether oxygens (including phenoxy) is 2. The second-order valence-electron chi connectivity index (χ2n) is 10.0. The van der Waals surface area contributed by atoms with Crippen molar-refractivity contribution in [3.63, 3.8) is 0 Å². The van der Waals surface area contributed by atoms with Gasteiger partial charge in [-0.3, -0.25) is 0 Å². The molecule has 28 heavy (non-hydrogen) atoms. The summed E-state index contributed by atoms with van der Waals surface area (Å²) in [7, 11) is 0. The Morgan fingerprint density at radius 2 is 1.50 bits per heavy atom. The number of hydrogen-bond donors (Lipinski definition) is 0. The van der Waals surface area contributed by atoms with Crippen molar-refractivity contribution in [1.29, 1.82) is 0 Å². The summed E-state index contributed by atoms with van der Waals surface area (Å²) in [5.41, 5.74) is 1.13. The predicted octanol–water partition coefficient (Wildman–Crippen LogP) is 7.14. The van der Waals surface area contributed by atoms with Crippen LogP contribution in [0.2, 0.25) is 0 Å². The van der Waals surface area contributed by atoms with Crippen molar-refractivity contribution in [3.8, 4) is 5.75 Å². The van der Waals surface area contributed by atoms with Gasteiger partial charge in [0.1, 0.15) is 11.4 Å². The molecule has 160 valence electrons. The summed E-state index contributed by atoms with van der Waals surface area (Å²) in [5.74, 6) is 0.840. The maximum absolute atomic E-state index is 12.2. The SMILES string of the molecule is CCC(C)(C)CC(c1ccccc1OCC(=O)OC(C)(C)C)C(C)(CC)CC. The van der Waals surface area contributed by atoms with Crippen LogP contribution in [-0.4, -0.2) is 18.2 Å². The van der Waals surface area contributed by atoms with E-state index in [0.717, 1.165) is 31.4 Å². The zero-order chi connectivity index (χ0) is 21.6. The fourth-order valence-electron chi connectivity index (χ4n) is 3.58. The number of carbonyl (C=O) groups excluding carboxylic acids is 1. The normalized spacial score (nSPS) is 13.9. The van der Waals surface area contributed by atoms with Crippen molar-refractivity contribution >= 4 is 5.97 Å². The van der Waals surface area contributed by atoms with E-state index in [0.29, 0.717) is 5.92 Å². The van der Waals surface area contributed by atoms with Gasteiger partial charge in [0.25, 0.3) is 0 Å². The summed E-state index contributed by atoms with van der Waals surface area (Å²) in [4.78, 5) is 12.2. The molecule has 0 radical (unpaired) electrons. The maximum atomic E-state index is 12.2. The lowest BCUT2D eigenvalue weighted by Crippen LogP contribution is -2.30. The molecule has 1 rings (SSSR count). The van der Waals surface area contributed by atoms with Crippen LogP contribution in [0, 0.1) is 10.8 Å². The monoisotopic (exact) mass is 390 g/mol. The Morgan fingerprint density at radius 1 is 0.929 bits per heavy atom. The summed E-state index contributed by atoms with van der Waals surface area (Å²) >= 11 is 0. The molecular formula is C25H42O3. The van der Waals surface area contributed by atoms with Gasteiger partial charge in [-0.25, -0.2) is 4.79 Å². The van der Waals surface area contributed by atoms with Crippen molar-refractivity contribution in [2.24, 2.45) is 10.8 Å². The molecule has 1 aromatic carbocycles. The standard InChI is InChI=1S/C25H42O3/c1-10-24(7,8)17-20(25(9,11-2)12-3)19-15-13-14-16-21(19)27-18-22(26)28-23(4,5)6/h13-16,20H,10-12,17-18H2,1-9H3. The van der Waals surface area contributed by atoms with Gasteiger partial charge in [-0.1, -0.05) is 79.0 Å². The van der Waals surface area contributed by atoms with E-state index < -0.39 is 5.60 Å². The molecule has 0 heterocycles. The predicted molar refractivity (Wildman–Crippen MR) is 118 cm³/mol. The van der Waals surface area contributed by atoms with Crippen LogP contribution in [0.15, 0.2) is 24.3 Å². The molecule has 0 aliphatic carbocycles. The Morgan fingerprint density at radius 3 is 2.00 bits per heavy atom. The van der Waals surface area contributed by atoms with Gasteiger partial charge in [-0.05, 0) is 55.6 Å². The van der Waals surface area contributed by atoms with E-state index >= 15 is 0 Å². The van der Waals surface area contributed by atoms with Gasteiger partial charge in [-0.15, -0.1) is 0 Å². The maximum Gasteiger partial charge on any atom is 0.344 e. The van der Waals surface area contributed by atoms with Crippen LogP contribution in [0.3, 0.4) is 0 Å². The van der Waals surface area contributed by atoms with Gasteiger partial charge in [0.15, 0.2) is 6.61 Å². The average molecular weight is 391 g/mol. The molecule has 1 aromatic rings. The molecule has 0 aromatic heterocycles. The lowest BCUT2D eigenvalue weighted by Gasteiger charge is -2.41. The van der Waals surface area contributed by atoms with E-state index in [9.17, 15) is 4.79 Å². The highest BCUT2D eigenvalue weighted by atomic mass is 16.6. The van der Waals surface area contributed by atoms with Gasteiger partial charge >= 0.3 is 5.97 Å². The largest absolute Gasteiger partial charge is 0.482 e. The third kappa shape index (κ3) is 7.14. The lowest BCUT2D eigenvalue weighted by molar-refractivity contribution is -0.157. The minimum Gasteiger partial charge on any atom is -0.482 e. The number of rotatable bonds is 10. The molecule has 3 heteroatoms. The minimum atomic E-state index is -0.503. The van der Waals surface area contributed by atoms with E-state index in [4.69, 9.17) is 9.47 Å². The van der Waals surface area contributed by atoms with Crippen molar-refractivity contribution in [2.45, 2.75) is 99.5 Å². The molecule has 0 bridgehead atoms. The highest BCUT2D eigenvalue weighted by Crippen LogP contribution is 2.50. The average Bonchev–Trinajstić information content (AvgIpc) is 2.63. The molecule has 0 aliphatic rings. The molecule has 0 saturated carbocycles. The van der Waals surface area contributed by atoms with Crippen molar-refractivity contribution < 1.29 is 14.3 Å². The zero-order valence-corrected chi connectivity index (χ0v) is 19.6. The molecular weight excluding hydrogens is 348 g/mol. The number of esters is 1. The topological polar surface area (TPSA) is 35.5 Å². The molecule has 0 fully saturated rings. The number of hydrogen-bond acceptors (Lipinski definition) is 3. The molecule has 0 aliphatic heterocycles. The fraction of sp³-hybridized carbons (Fsp3) is 0.720. The van der Waals surface area contributed by atoms with Gasteiger partial charge < -0.3 is 9.47 Å². The molecule has 0 spiro atoms. The van der Waals surface area contributed by atoms with Crippen LogP contribution in [0.1, 0.15) is 99.5 Å². The van der Waals surface area contributed by atoms with Crippen molar-refractivity contribution in [2.75, 3.05) is 6.61 Å². The number of benzene rings is 1. The van der Waals surface area contributed by atoms with E-state index in [1.165, 1.54) is 5.56 Å². The van der Waals surface area contributed by atoms with Crippen molar-refractivity contribution in [3.05, 3.63) is 29.8 Å². The van der Waals surface area contributed by atoms with Crippen LogP contribution in [0.25, 0.3) is 0 Å². The number of para-hydroxylation sites is 1. The van der Waals surface area contributed by atoms with Crippen LogP contribution >= 0.6 is 0 Å². The van der Waals surface area contributed by atoms with E-state index in [1.54, 1.807) is 0 Å². The van der Waals surface area contributed by atoms with Gasteiger partial charge in [0, 0.05) is 0 Å². The molecule has 0 amide bonds. The minimum absolute atomic E-state index is 0.0624. The van der Waals surface area contributed by atoms with Gasteiger partial charge in [0.2, 0.25) is 0 Å². The Bertz CT molecular complexity index is 621. The Balaban J connectivity index is 3.20. The number of carbonyl (C=O) groups is 1. The van der Waals surface area contributed by atoms with E-state index in [-0.39, 0.29) is 23.4 Å². The second kappa shape index (κ2) is 9.80. The highest BCUT2D eigenvalue weighted by Gasteiger charge is 2.37. The van der Waals surface area contributed by atoms with Crippen LogP contribution in [-0.2, 0) is 9.53 Å². The molecule has 1 atom stereocenters. The van der Waals surface area contributed by atoms with Gasteiger partial charge in [0.05, 0.1) is 0 Å². The Hall–Kier alpha value is -1.51. The fourth-order valence-corrected chi connectivity index (χ4v) is 3.58. The molecule has 0 N–H and O–H groups in total. The summed E-state index contributed by atoms with van der Waals surface area (Å²) in [6.07, 6.45) is 4.44. The highest BCUT2D eigenvalue weighted by molar-refractivity contribution is 5.71. The second-order valence-corrected chi connectivity index (χ2v) is 10.0. The van der Waals surface area contributed by atoms with Gasteiger partial charge in [-0.2, -0.15) is 0 Å². The first-order chi connectivity index (χ1) is 12.9. The molecule has 3 nitrogen and oxygen atoms in total. The summed E-state index contributed by atoms with van der Waals surface area (Å²) in [5, 5.41) is 0. The molecule has 1 unspecified atom stereocenters. The zero-order valence-electron chi connectivity index (χ0n) is 19.6. The van der Waals surface area contributed by atoms with E-state index in [2.05, 4.69) is 53.7 Å². The quantitative estimate of drug-likeness (QED) is 0.398. The smallest absolute Gasteiger partial charge is 0.344 e. The Labute approximate surface area is 173 Å². The first-order valence-electron chi connectivity index (χ1n) is 10.8. The third-order valence-corrected chi connectivity index (χ3v) is 6.23. The van der Waals surface area contributed by atoms with Crippen LogP contribution < -0.4 is 4.74 Å². The Kier molecular flexibility index (Phi) is 8.59. The lowest BCUT2D eigenvalue weighted by atomic mass is 9.64. The first kappa shape index (κ1) is 24.5. The van der Waals surface area contributed by atoms with E-state index in [1.807, 2.05) is 32.9 Å². The summed E-state index contributed by atoms with van der Waals surface area (Å²) in [6, 6.07) is 8.21. The molecule has 0 saturated heterocycles. The van der Waals surface area contributed by atoms with Crippen LogP contribution in [0.5, 0.6) is 5.75 Å².